The highest BCUT2D eigenvalue weighted by Gasteiger charge is 2.08. The standard InChI is InChI=1S/C9H17BrO2/c1-7(2)4-5-8(3)12-9(11)6-10/h7-8H,4-6H2,1-3H3. The minimum absolute atomic E-state index is 0.0532. The summed E-state index contributed by atoms with van der Waals surface area (Å²) in [6.45, 7) is 6.26. The lowest BCUT2D eigenvalue weighted by molar-refractivity contribution is -0.145. The largest absolute Gasteiger partial charge is 0.462 e. The van der Waals surface area contributed by atoms with Crippen LogP contribution in [0.4, 0.5) is 0 Å². The maximum Gasteiger partial charge on any atom is 0.316 e. The van der Waals surface area contributed by atoms with Gasteiger partial charge in [-0.2, -0.15) is 0 Å². The van der Waals surface area contributed by atoms with Crippen LogP contribution < -0.4 is 0 Å². The van der Waals surface area contributed by atoms with Gasteiger partial charge in [-0.25, -0.2) is 0 Å². The number of halogens is 1. The highest BCUT2D eigenvalue weighted by atomic mass is 79.9. The van der Waals surface area contributed by atoms with Crippen LogP contribution in [0.2, 0.25) is 0 Å². The number of hydrogen-bond acceptors (Lipinski definition) is 2. The van der Waals surface area contributed by atoms with Crippen LogP contribution >= 0.6 is 15.9 Å². The second-order valence-corrected chi connectivity index (χ2v) is 3.97. The van der Waals surface area contributed by atoms with Crippen LogP contribution in [-0.4, -0.2) is 17.4 Å². The van der Waals surface area contributed by atoms with Gasteiger partial charge < -0.3 is 4.74 Å². The van der Waals surface area contributed by atoms with E-state index < -0.39 is 0 Å². The molecule has 0 fully saturated rings. The molecule has 0 radical (unpaired) electrons. The number of hydrogen-bond donors (Lipinski definition) is 0. The van der Waals surface area contributed by atoms with Crippen molar-refractivity contribution in [2.75, 3.05) is 5.33 Å². The summed E-state index contributed by atoms with van der Waals surface area (Å²) in [5.74, 6) is 0.501. The van der Waals surface area contributed by atoms with Gasteiger partial charge in [-0.05, 0) is 25.7 Å². The van der Waals surface area contributed by atoms with Gasteiger partial charge in [-0.3, -0.25) is 4.79 Å². The number of rotatable bonds is 5. The molecule has 0 heterocycles. The predicted octanol–water partition coefficient (Wildman–Crippen LogP) is 2.75. The summed E-state index contributed by atoms with van der Waals surface area (Å²) in [5.41, 5.74) is 0. The van der Waals surface area contributed by atoms with Gasteiger partial charge in [0.2, 0.25) is 0 Å². The number of ether oxygens (including phenoxy) is 1. The van der Waals surface area contributed by atoms with Crippen molar-refractivity contribution >= 4 is 21.9 Å². The second-order valence-electron chi connectivity index (χ2n) is 3.41. The monoisotopic (exact) mass is 236 g/mol. The third-order valence-corrected chi connectivity index (χ3v) is 2.05. The minimum atomic E-state index is -0.175. The van der Waals surface area contributed by atoms with Gasteiger partial charge >= 0.3 is 5.97 Å². The predicted molar refractivity (Wildman–Crippen MR) is 53.4 cm³/mol. The van der Waals surface area contributed by atoms with Crippen LogP contribution in [0.25, 0.3) is 0 Å². The first kappa shape index (κ1) is 11.9. The number of esters is 1. The fourth-order valence-electron chi connectivity index (χ4n) is 0.883. The Morgan fingerprint density at radius 1 is 1.33 bits per heavy atom. The highest BCUT2D eigenvalue weighted by molar-refractivity contribution is 9.09. The third-order valence-electron chi connectivity index (χ3n) is 1.59. The molecule has 0 rings (SSSR count). The fraction of sp³-hybridized carbons (Fsp3) is 0.889. The molecule has 72 valence electrons. The SMILES string of the molecule is CC(C)CCC(C)OC(=O)CBr. The molecule has 0 aliphatic carbocycles. The summed E-state index contributed by atoms with van der Waals surface area (Å²) < 4.78 is 5.06. The zero-order valence-corrected chi connectivity index (χ0v) is 9.56. The quantitative estimate of drug-likeness (QED) is 0.542. The van der Waals surface area contributed by atoms with E-state index >= 15 is 0 Å². The molecule has 3 heteroatoms. The Labute approximate surface area is 82.8 Å². The molecule has 0 saturated heterocycles. The molecule has 1 unspecified atom stereocenters. The maximum absolute atomic E-state index is 10.8. The molecule has 12 heavy (non-hydrogen) atoms. The smallest absolute Gasteiger partial charge is 0.316 e. The van der Waals surface area contributed by atoms with E-state index in [0.29, 0.717) is 11.2 Å². The first-order valence-electron chi connectivity index (χ1n) is 4.31. The van der Waals surface area contributed by atoms with Crippen LogP contribution in [-0.2, 0) is 9.53 Å². The Morgan fingerprint density at radius 3 is 2.33 bits per heavy atom. The van der Waals surface area contributed by atoms with E-state index in [2.05, 4.69) is 29.8 Å². The third kappa shape index (κ3) is 6.65. The van der Waals surface area contributed by atoms with Gasteiger partial charge in [0.25, 0.3) is 0 Å². The topological polar surface area (TPSA) is 26.3 Å². The van der Waals surface area contributed by atoms with Crippen LogP contribution in [0.3, 0.4) is 0 Å². The van der Waals surface area contributed by atoms with E-state index in [1.54, 1.807) is 0 Å². The molecule has 0 bridgehead atoms. The number of carbonyl (C=O) groups excluding carboxylic acids is 1. The first-order valence-corrected chi connectivity index (χ1v) is 5.43. The summed E-state index contributed by atoms with van der Waals surface area (Å²) in [4.78, 5) is 10.8. The van der Waals surface area contributed by atoms with Gasteiger partial charge in [0.1, 0.15) is 5.33 Å². The summed E-state index contributed by atoms with van der Waals surface area (Å²) in [7, 11) is 0. The van der Waals surface area contributed by atoms with Gasteiger partial charge in [-0.1, -0.05) is 29.8 Å². The first-order chi connectivity index (χ1) is 5.56. The normalized spacial score (nSPS) is 13.1. The van der Waals surface area contributed by atoms with Gasteiger partial charge in [0.05, 0.1) is 6.10 Å². The zero-order chi connectivity index (χ0) is 9.56. The highest BCUT2D eigenvalue weighted by Crippen LogP contribution is 2.09. The summed E-state index contributed by atoms with van der Waals surface area (Å²) >= 11 is 3.05. The van der Waals surface area contributed by atoms with E-state index in [1.165, 1.54) is 0 Å². The molecule has 0 aliphatic heterocycles. The molecule has 0 aromatic heterocycles. The van der Waals surface area contributed by atoms with Crippen molar-refractivity contribution in [2.45, 2.75) is 39.7 Å². The summed E-state index contributed by atoms with van der Waals surface area (Å²) in [6.07, 6.45) is 2.12. The second kappa shape index (κ2) is 6.46. The molecule has 2 nitrogen and oxygen atoms in total. The van der Waals surface area contributed by atoms with Crippen molar-refractivity contribution in [3.05, 3.63) is 0 Å². The fourth-order valence-corrected chi connectivity index (χ4v) is 1.02. The molecule has 0 spiro atoms. The molecule has 0 aliphatic rings. The Kier molecular flexibility index (Phi) is 6.44. The lowest BCUT2D eigenvalue weighted by Crippen LogP contribution is -2.16. The molecule has 0 aromatic carbocycles. The lowest BCUT2D eigenvalue weighted by Gasteiger charge is -2.13. The average Bonchev–Trinajstić information content (AvgIpc) is 2.00. The van der Waals surface area contributed by atoms with Crippen molar-refractivity contribution in [2.24, 2.45) is 5.92 Å². The van der Waals surface area contributed by atoms with Crippen molar-refractivity contribution < 1.29 is 9.53 Å². The molecular weight excluding hydrogens is 220 g/mol. The Bertz CT molecular complexity index is 134. The minimum Gasteiger partial charge on any atom is -0.462 e. The van der Waals surface area contributed by atoms with Crippen LogP contribution in [0.1, 0.15) is 33.6 Å². The Morgan fingerprint density at radius 2 is 1.92 bits per heavy atom. The van der Waals surface area contributed by atoms with Crippen molar-refractivity contribution in [3.8, 4) is 0 Å². The van der Waals surface area contributed by atoms with Crippen LogP contribution in [0.15, 0.2) is 0 Å². The molecule has 0 saturated carbocycles. The van der Waals surface area contributed by atoms with Gasteiger partial charge in [-0.15, -0.1) is 0 Å². The van der Waals surface area contributed by atoms with Gasteiger partial charge in [0, 0.05) is 0 Å². The molecular formula is C9H17BrO2. The van der Waals surface area contributed by atoms with E-state index in [9.17, 15) is 4.79 Å². The Hall–Kier alpha value is -0.0500. The van der Waals surface area contributed by atoms with Crippen molar-refractivity contribution in [1.82, 2.24) is 0 Å². The average molecular weight is 237 g/mol. The molecule has 0 aromatic rings. The van der Waals surface area contributed by atoms with Gasteiger partial charge in [0.15, 0.2) is 0 Å². The van der Waals surface area contributed by atoms with E-state index in [1.807, 2.05) is 6.92 Å². The molecule has 0 N–H and O–H groups in total. The number of alkyl halides is 1. The summed E-state index contributed by atoms with van der Waals surface area (Å²) in [6, 6.07) is 0. The number of carbonyl (C=O) groups is 1. The Balaban J connectivity index is 3.45. The molecule has 0 amide bonds. The summed E-state index contributed by atoms with van der Waals surface area (Å²) in [5, 5.41) is 0.291. The van der Waals surface area contributed by atoms with E-state index in [-0.39, 0.29) is 12.1 Å². The van der Waals surface area contributed by atoms with Crippen molar-refractivity contribution in [3.63, 3.8) is 0 Å². The van der Waals surface area contributed by atoms with Crippen molar-refractivity contribution in [1.29, 1.82) is 0 Å². The van der Waals surface area contributed by atoms with Crippen LogP contribution in [0.5, 0.6) is 0 Å². The van der Waals surface area contributed by atoms with E-state index in [4.69, 9.17) is 4.74 Å². The molecule has 1 atom stereocenters. The zero-order valence-electron chi connectivity index (χ0n) is 7.97. The van der Waals surface area contributed by atoms with E-state index in [0.717, 1.165) is 12.8 Å². The van der Waals surface area contributed by atoms with Crippen LogP contribution in [0, 0.1) is 5.92 Å². The lowest BCUT2D eigenvalue weighted by atomic mass is 10.1. The maximum atomic E-state index is 10.8.